The molecule has 1 aromatic heterocycles. The maximum Gasteiger partial charge on any atom is 0.174 e. The molecule has 0 saturated carbocycles. The van der Waals surface area contributed by atoms with E-state index in [0.29, 0.717) is 0 Å². The van der Waals surface area contributed by atoms with Gasteiger partial charge in [-0.25, -0.2) is 4.39 Å². The van der Waals surface area contributed by atoms with E-state index in [1.807, 2.05) is 0 Å². The molecule has 0 aliphatic heterocycles. The Morgan fingerprint density at radius 2 is 2.06 bits per heavy atom. The largest absolute Gasteiger partial charge is 0.493 e. The van der Waals surface area contributed by atoms with Gasteiger partial charge in [0.15, 0.2) is 23.1 Å². The van der Waals surface area contributed by atoms with Crippen molar-refractivity contribution in [2.24, 2.45) is 0 Å². The van der Waals surface area contributed by atoms with Crippen LogP contribution in [0.3, 0.4) is 0 Å². The van der Waals surface area contributed by atoms with Crippen molar-refractivity contribution in [3.05, 3.63) is 23.0 Å². The van der Waals surface area contributed by atoms with E-state index in [2.05, 4.69) is 5.16 Å². The SMILES string of the molecule is COc1cc(F)c(Cl)c(-c2cc(N)no2)c1OC. The number of aromatic nitrogens is 1. The smallest absolute Gasteiger partial charge is 0.174 e. The molecule has 18 heavy (non-hydrogen) atoms. The molecule has 1 aromatic carbocycles. The lowest BCUT2D eigenvalue weighted by molar-refractivity contribution is 0.351. The molecule has 2 aromatic rings. The zero-order valence-corrected chi connectivity index (χ0v) is 10.4. The summed E-state index contributed by atoms with van der Waals surface area (Å²) in [6, 6.07) is 2.55. The summed E-state index contributed by atoms with van der Waals surface area (Å²) in [6.07, 6.45) is 0. The van der Waals surface area contributed by atoms with Crippen LogP contribution in [0.4, 0.5) is 10.2 Å². The monoisotopic (exact) mass is 272 g/mol. The van der Waals surface area contributed by atoms with E-state index >= 15 is 0 Å². The van der Waals surface area contributed by atoms with Crippen molar-refractivity contribution in [2.45, 2.75) is 0 Å². The van der Waals surface area contributed by atoms with Gasteiger partial charge in [-0.15, -0.1) is 0 Å². The maximum absolute atomic E-state index is 13.7. The molecule has 0 unspecified atom stereocenters. The minimum Gasteiger partial charge on any atom is -0.493 e. The van der Waals surface area contributed by atoms with Gasteiger partial charge in [0.1, 0.15) is 5.82 Å². The van der Waals surface area contributed by atoms with Crippen LogP contribution < -0.4 is 15.2 Å². The van der Waals surface area contributed by atoms with Crippen molar-refractivity contribution in [1.29, 1.82) is 0 Å². The number of hydrogen-bond donors (Lipinski definition) is 1. The second kappa shape index (κ2) is 4.73. The van der Waals surface area contributed by atoms with Gasteiger partial charge in [-0.2, -0.15) is 0 Å². The summed E-state index contributed by atoms with van der Waals surface area (Å²) in [4.78, 5) is 0. The Morgan fingerprint density at radius 3 is 2.56 bits per heavy atom. The fourth-order valence-electron chi connectivity index (χ4n) is 1.57. The lowest BCUT2D eigenvalue weighted by Gasteiger charge is -2.12. The van der Waals surface area contributed by atoms with E-state index < -0.39 is 5.82 Å². The highest BCUT2D eigenvalue weighted by atomic mass is 35.5. The van der Waals surface area contributed by atoms with Gasteiger partial charge in [0.05, 0.1) is 24.8 Å². The van der Waals surface area contributed by atoms with Gasteiger partial charge in [-0.3, -0.25) is 0 Å². The van der Waals surface area contributed by atoms with E-state index in [1.165, 1.54) is 20.3 Å². The molecule has 0 aliphatic rings. The number of nitrogens with two attached hydrogens (primary N) is 1. The highest BCUT2D eigenvalue weighted by molar-refractivity contribution is 6.33. The Kier molecular flexibility index (Phi) is 3.29. The van der Waals surface area contributed by atoms with Gasteiger partial charge < -0.3 is 19.7 Å². The third kappa shape index (κ3) is 1.95. The minimum absolute atomic E-state index is 0.149. The van der Waals surface area contributed by atoms with Crippen LogP contribution in [0, 0.1) is 5.82 Å². The van der Waals surface area contributed by atoms with Crippen molar-refractivity contribution in [1.82, 2.24) is 5.16 Å². The van der Waals surface area contributed by atoms with Gasteiger partial charge >= 0.3 is 0 Å². The Hall–Kier alpha value is -1.95. The predicted molar refractivity (Wildman–Crippen MR) is 64.4 cm³/mol. The minimum atomic E-state index is -0.653. The van der Waals surface area contributed by atoms with E-state index in [1.54, 1.807) is 0 Å². The van der Waals surface area contributed by atoms with Gasteiger partial charge in [0, 0.05) is 12.1 Å². The molecular weight excluding hydrogens is 263 g/mol. The lowest BCUT2D eigenvalue weighted by atomic mass is 10.1. The molecule has 0 atom stereocenters. The molecule has 1 heterocycles. The van der Waals surface area contributed by atoms with Crippen LogP contribution in [0.25, 0.3) is 11.3 Å². The number of halogens is 2. The first-order chi connectivity index (χ1) is 8.58. The van der Waals surface area contributed by atoms with Crippen molar-refractivity contribution < 1.29 is 18.4 Å². The molecule has 0 aliphatic carbocycles. The van der Waals surface area contributed by atoms with E-state index in [4.69, 9.17) is 31.3 Å². The van der Waals surface area contributed by atoms with E-state index in [9.17, 15) is 4.39 Å². The second-order valence-corrected chi connectivity index (χ2v) is 3.78. The molecule has 0 bridgehead atoms. The molecule has 2 N–H and O–H groups in total. The molecule has 96 valence electrons. The summed E-state index contributed by atoms with van der Waals surface area (Å²) in [5.74, 6) is 0.155. The summed E-state index contributed by atoms with van der Waals surface area (Å²) in [5.41, 5.74) is 5.66. The number of hydrogen-bond acceptors (Lipinski definition) is 5. The first-order valence-electron chi connectivity index (χ1n) is 4.91. The first-order valence-corrected chi connectivity index (χ1v) is 5.28. The Labute approximate surface area is 107 Å². The van der Waals surface area contributed by atoms with Crippen LogP contribution in [0.2, 0.25) is 5.02 Å². The predicted octanol–water partition coefficient (Wildman–Crippen LogP) is 2.73. The average Bonchev–Trinajstić information content (AvgIpc) is 2.78. The highest BCUT2D eigenvalue weighted by Crippen LogP contribution is 2.44. The summed E-state index contributed by atoms with van der Waals surface area (Å²) >= 11 is 5.91. The van der Waals surface area contributed by atoms with Crippen LogP contribution in [0.15, 0.2) is 16.7 Å². The fourth-order valence-corrected chi connectivity index (χ4v) is 1.80. The number of nitrogens with zero attached hydrogens (tertiary/aromatic N) is 1. The fraction of sp³-hybridized carbons (Fsp3) is 0.182. The average molecular weight is 273 g/mol. The molecule has 0 radical (unpaired) electrons. The topological polar surface area (TPSA) is 70.5 Å². The molecule has 2 rings (SSSR count). The normalized spacial score (nSPS) is 10.4. The van der Waals surface area contributed by atoms with Crippen molar-refractivity contribution in [3.63, 3.8) is 0 Å². The number of methoxy groups -OCH3 is 2. The number of benzene rings is 1. The van der Waals surface area contributed by atoms with Gasteiger partial charge in [-0.1, -0.05) is 16.8 Å². The molecule has 7 heteroatoms. The van der Waals surface area contributed by atoms with Crippen molar-refractivity contribution >= 4 is 17.4 Å². The molecule has 5 nitrogen and oxygen atoms in total. The standard InChI is InChI=1S/C11H10ClFN2O3/c1-16-7-3-5(13)10(12)9(11(7)17-2)6-4-8(14)15-18-6/h3-4H,1-2H3,(H2,14,15). The summed E-state index contributed by atoms with van der Waals surface area (Å²) in [5, 5.41) is 3.37. The van der Waals surface area contributed by atoms with Crippen LogP contribution in [0.1, 0.15) is 0 Å². The number of rotatable bonds is 3. The maximum atomic E-state index is 13.7. The number of anilines is 1. The van der Waals surface area contributed by atoms with Gasteiger partial charge in [0.25, 0.3) is 0 Å². The van der Waals surface area contributed by atoms with Crippen molar-refractivity contribution in [2.75, 3.05) is 20.0 Å². The molecular formula is C11H10ClFN2O3. The quantitative estimate of drug-likeness (QED) is 0.930. The summed E-state index contributed by atoms with van der Waals surface area (Å²) in [7, 11) is 2.80. The van der Waals surface area contributed by atoms with Gasteiger partial charge in [-0.05, 0) is 0 Å². The zero-order valence-electron chi connectivity index (χ0n) is 9.66. The molecule has 0 spiro atoms. The first kappa shape index (κ1) is 12.5. The third-order valence-corrected chi connectivity index (χ3v) is 2.71. The molecule has 0 fully saturated rings. The van der Waals surface area contributed by atoms with E-state index in [-0.39, 0.29) is 33.7 Å². The van der Waals surface area contributed by atoms with Crippen molar-refractivity contribution in [3.8, 4) is 22.8 Å². The number of nitrogen functional groups attached to an aromatic ring is 1. The Bertz CT molecular complexity index is 586. The zero-order chi connectivity index (χ0) is 13.3. The summed E-state index contributed by atoms with van der Waals surface area (Å²) < 4.78 is 28.8. The second-order valence-electron chi connectivity index (χ2n) is 3.40. The molecule has 0 saturated heterocycles. The summed E-state index contributed by atoms with van der Waals surface area (Å²) in [6.45, 7) is 0. The van der Waals surface area contributed by atoms with Crippen LogP contribution in [0.5, 0.6) is 11.5 Å². The van der Waals surface area contributed by atoms with E-state index in [0.717, 1.165) is 6.07 Å². The van der Waals surface area contributed by atoms with Crippen LogP contribution in [-0.4, -0.2) is 19.4 Å². The van der Waals surface area contributed by atoms with Crippen LogP contribution >= 0.6 is 11.6 Å². The Morgan fingerprint density at radius 1 is 1.33 bits per heavy atom. The third-order valence-electron chi connectivity index (χ3n) is 2.34. The van der Waals surface area contributed by atoms with Crippen LogP contribution in [-0.2, 0) is 0 Å². The number of ether oxygens (including phenoxy) is 2. The highest BCUT2D eigenvalue weighted by Gasteiger charge is 2.23. The van der Waals surface area contributed by atoms with Gasteiger partial charge in [0.2, 0.25) is 0 Å². The Balaban J connectivity index is 2.74. The lowest BCUT2D eigenvalue weighted by Crippen LogP contribution is -1.96. The molecule has 0 amide bonds.